The van der Waals surface area contributed by atoms with Crippen LogP contribution in [0.5, 0.6) is 5.88 Å². The lowest BCUT2D eigenvalue weighted by Crippen LogP contribution is -2.30. The van der Waals surface area contributed by atoms with Gasteiger partial charge in [-0.05, 0) is 38.3 Å². The second-order valence-electron chi connectivity index (χ2n) is 4.46. The van der Waals surface area contributed by atoms with Crippen molar-refractivity contribution in [3.8, 4) is 5.88 Å². The third-order valence-corrected chi connectivity index (χ3v) is 3.11. The third kappa shape index (κ3) is 3.66. The Morgan fingerprint density at radius 1 is 1.56 bits per heavy atom. The van der Waals surface area contributed by atoms with Gasteiger partial charge in [0, 0.05) is 12.1 Å². The minimum Gasteiger partial charge on any atom is -0.478 e. The smallest absolute Gasteiger partial charge is 0.287 e. The lowest BCUT2D eigenvalue weighted by Gasteiger charge is -2.22. The van der Waals surface area contributed by atoms with Crippen LogP contribution in [0.3, 0.4) is 0 Å². The lowest BCUT2D eigenvalue weighted by atomic mass is 9.97. The summed E-state index contributed by atoms with van der Waals surface area (Å²) in [5.41, 5.74) is -0.0150. The molecule has 0 unspecified atom stereocenters. The van der Waals surface area contributed by atoms with E-state index < -0.39 is 4.92 Å². The van der Waals surface area contributed by atoms with E-state index in [0.717, 1.165) is 19.5 Å². The molecule has 1 saturated heterocycles. The molecular weight excluding hydrogens is 234 g/mol. The van der Waals surface area contributed by atoms with Crippen molar-refractivity contribution < 1.29 is 9.66 Å². The Hall–Kier alpha value is -1.69. The number of ether oxygens (including phenoxy) is 1. The summed E-state index contributed by atoms with van der Waals surface area (Å²) in [4.78, 5) is 13.9. The van der Waals surface area contributed by atoms with Gasteiger partial charge in [-0.3, -0.25) is 10.1 Å². The predicted octanol–water partition coefficient (Wildman–Crippen LogP) is 1.76. The molecule has 1 aliphatic rings. The molecule has 1 atom stereocenters. The zero-order chi connectivity index (χ0) is 12.8. The van der Waals surface area contributed by atoms with Gasteiger partial charge in [-0.15, -0.1) is 0 Å². The van der Waals surface area contributed by atoms with Crippen LogP contribution in [0.15, 0.2) is 18.3 Å². The number of aromatic nitrogens is 1. The Bertz CT molecular complexity index is 388. The highest BCUT2D eigenvalue weighted by molar-refractivity contribution is 5.28. The van der Waals surface area contributed by atoms with Crippen molar-refractivity contribution in [3.05, 3.63) is 28.4 Å². The molecular formula is C12H17N3O3. The number of hydrogen-bond acceptors (Lipinski definition) is 5. The summed E-state index contributed by atoms with van der Waals surface area (Å²) in [5.74, 6) is 1.11. The van der Waals surface area contributed by atoms with Crippen molar-refractivity contribution >= 4 is 5.69 Å². The second-order valence-corrected chi connectivity index (χ2v) is 4.46. The second kappa shape index (κ2) is 6.30. The normalized spacial score (nSPS) is 19.4. The highest BCUT2D eigenvalue weighted by Gasteiger charge is 2.13. The van der Waals surface area contributed by atoms with Gasteiger partial charge in [-0.1, -0.05) is 0 Å². The van der Waals surface area contributed by atoms with Crippen LogP contribution in [-0.2, 0) is 0 Å². The number of nitro groups is 1. The molecule has 1 aromatic rings. The van der Waals surface area contributed by atoms with Gasteiger partial charge >= 0.3 is 0 Å². The van der Waals surface area contributed by atoms with Gasteiger partial charge in [0.15, 0.2) is 0 Å². The van der Waals surface area contributed by atoms with Crippen molar-refractivity contribution in [1.82, 2.24) is 10.3 Å². The molecule has 0 amide bonds. The number of nitrogens with one attached hydrogen (secondary N) is 1. The van der Waals surface area contributed by atoms with E-state index in [4.69, 9.17) is 4.74 Å². The zero-order valence-electron chi connectivity index (χ0n) is 10.2. The Kier molecular flexibility index (Phi) is 4.46. The standard InChI is InChI=1S/C12H17N3O3/c16-15(17)11-3-4-12(14-9-11)18-7-5-10-2-1-6-13-8-10/h3-4,9-10,13H,1-2,5-8H2/t10-/m0/s1. The maximum atomic E-state index is 10.5. The molecule has 1 fully saturated rings. The first-order chi connectivity index (χ1) is 8.75. The molecule has 18 heavy (non-hydrogen) atoms. The topological polar surface area (TPSA) is 77.3 Å². The summed E-state index contributed by atoms with van der Waals surface area (Å²) in [6, 6.07) is 2.95. The number of piperidine rings is 1. The molecule has 2 heterocycles. The van der Waals surface area contributed by atoms with E-state index in [-0.39, 0.29) is 5.69 Å². The maximum Gasteiger partial charge on any atom is 0.287 e. The van der Waals surface area contributed by atoms with Crippen molar-refractivity contribution in [3.63, 3.8) is 0 Å². The van der Waals surface area contributed by atoms with Crippen LogP contribution in [0.25, 0.3) is 0 Å². The van der Waals surface area contributed by atoms with Crippen LogP contribution in [0.1, 0.15) is 19.3 Å². The molecule has 0 radical (unpaired) electrons. The lowest BCUT2D eigenvalue weighted by molar-refractivity contribution is -0.385. The van der Waals surface area contributed by atoms with Crippen LogP contribution in [-0.4, -0.2) is 29.6 Å². The molecule has 1 aromatic heterocycles. The summed E-state index contributed by atoms with van der Waals surface area (Å²) in [6.45, 7) is 2.77. The van der Waals surface area contributed by atoms with Crippen molar-refractivity contribution in [2.45, 2.75) is 19.3 Å². The predicted molar refractivity (Wildman–Crippen MR) is 66.6 cm³/mol. The molecule has 0 aliphatic carbocycles. The van der Waals surface area contributed by atoms with Crippen LogP contribution in [0.4, 0.5) is 5.69 Å². The van der Waals surface area contributed by atoms with E-state index >= 15 is 0 Å². The molecule has 6 nitrogen and oxygen atoms in total. The summed E-state index contributed by atoms with van der Waals surface area (Å²) in [6.07, 6.45) is 4.67. The summed E-state index contributed by atoms with van der Waals surface area (Å²) >= 11 is 0. The van der Waals surface area contributed by atoms with Crippen LogP contribution >= 0.6 is 0 Å². The Morgan fingerprint density at radius 3 is 3.06 bits per heavy atom. The molecule has 1 N–H and O–H groups in total. The Labute approximate surface area is 106 Å². The average molecular weight is 251 g/mol. The largest absolute Gasteiger partial charge is 0.478 e. The first-order valence-electron chi connectivity index (χ1n) is 6.19. The van der Waals surface area contributed by atoms with E-state index in [1.807, 2.05) is 0 Å². The van der Waals surface area contributed by atoms with Gasteiger partial charge in [0.25, 0.3) is 5.69 Å². The van der Waals surface area contributed by atoms with Gasteiger partial charge in [0.2, 0.25) is 5.88 Å². The molecule has 1 aliphatic heterocycles. The third-order valence-electron chi connectivity index (χ3n) is 3.11. The van der Waals surface area contributed by atoms with Crippen molar-refractivity contribution in [2.24, 2.45) is 5.92 Å². The van der Waals surface area contributed by atoms with Crippen LogP contribution in [0.2, 0.25) is 0 Å². The van der Waals surface area contributed by atoms with Crippen molar-refractivity contribution in [1.29, 1.82) is 0 Å². The quantitative estimate of drug-likeness (QED) is 0.637. The molecule has 0 spiro atoms. The van der Waals surface area contributed by atoms with E-state index in [2.05, 4.69) is 10.3 Å². The van der Waals surface area contributed by atoms with Gasteiger partial charge in [-0.25, -0.2) is 4.98 Å². The van der Waals surface area contributed by atoms with Gasteiger partial charge in [-0.2, -0.15) is 0 Å². The molecule has 0 aromatic carbocycles. The van der Waals surface area contributed by atoms with E-state index in [1.165, 1.54) is 31.2 Å². The summed E-state index contributed by atoms with van der Waals surface area (Å²) < 4.78 is 5.48. The van der Waals surface area contributed by atoms with E-state index in [9.17, 15) is 10.1 Å². The van der Waals surface area contributed by atoms with Gasteiger partial charge < -0.3 is 10.1 Å². The summed E-state index contributed by atoms with van der Waals surface area (Å²) in [5, 5.41) is 13.8. The number of nitrogens with zero attached hydrogens (tertiary/aromatic N) is 2. The minimum absolute atomic E-state index is 0.0150. The highest BCUT2D eigenvalue weighted by atomic mass is 16.6. The number of rotatable bonds is 5. The maximum absolute atomic E-state index is 10.5. The fourth-order valence-corrected chi connectivity index (χ4v) is 2.07. The summed E-state index contributed by atoms with van der Waals surface area (Å²) in [7, 11) is 0. The van der Waals surface area contributed by atoms with Gasteiger partial charge in [0.05, 0.1) is 11.5 Å². The molecule has 6 heteroatoms. The number of hydrogen-bond donors (Lipinski definition) is 1. The monoisotopic (exact) mass is 251 g/mol. The van der Waals surface area contributed by atoms with Crippen molar-refractivity contribution in [2.75, 3.05) is 19.7 Å². The highest BCUT2D eigenvalue weighted by Crippen LogP contribution is 2.16. The first kappa shape index (κ1) is 12.8. The van der Waals surface area contributed by atoms with Gasteiger partial charge in [0.1, 0.15) is 6.20 Å². The fraction of sp³-hybridized carbons (Fsp3) is 0.583. The van der Waals surface area contributed by atoms with Crippen LogP contribution in [0, 0.1) is 16.0 Å². The molecule has 2 rings (SSSR count). The minimum atomic E-state index is -0.468. The molecule has 0 saturated carbocycles. The first-order valence-corrected chi connectivity index (χ1v) is 6.19. The molecule has 98 valence electrons. The van der Waals surface area contributed by atoms with Crippen LogP contribution < -0.4 is 10.1 Å². The number of pyridine rings is 1. The van der Waals surface area contributed by atoms with E-state index in [0.29, 0.717) is 18.4 Å². The Balaban J connectivity index is 1.74. The molecule has 0 bridgehead atoms. The Morgan fingerprint density at radius 2 is 2.44 bits per heavy atom. The fourth-order valence-electron chi connectivity index (χ4n) is 2.07. The SMILES string of the molecule is O=[N+]([O-])c1ccc(OCC[C@@H]2CCCNC2)nc1. The van der Waals surface area contributed by atoms with E-state index in [1.54, 1.807) is 0 Å². The average Bonchev–Trinajstić information content (AvgIpc) is 2.40. The zero-order valence-corrected chi connectivity index (χ0v) is 10.2.